The number of carboxylic acids is 1. The van der Waals surface area contributed by atoms with E-state index in [0.29, 0.717) is 0 Å². The van der Waals surface area contributed by atoms with Crippen LogP contribution in [0, 0.1) is 18.7 Å². The van der Waals surface area contributed by atoms with Crippen molar-refractivity contribution in [3.05, 3.63) is 28.5 Å². The van der Waals surface area contributed by atoms with Crippen LogP contribution in [0.4, 0.5) is 4.39 Å². The standard InChI is InChI=1S/C12H15ClFNO4S/c1-6(2)11(12(16)17)15-20(18,19)10-4-7(3)9(14)5-8(10)13/h4-6,11,15H,1-3H3,(H,16,17). The molecule has 1 unspecified atom stereocenters. The average Bonchev–Trinajstić information content (AvgIpc) is 2.30. The lowest BCUT2D eigenvalue weighted by atomic mass is 10.1. The topological polar surface area (TPSA) is 83.5 Å². The molecule has 0 heterocycles. The largest absolute Gasteiger partial charge is 0.480 e. The number of halogens is 2. The highest BCUT2D eigenvalue weighted by molar-refractivity contribution is 7.89. The molecule has 5 nitrogen and oxygen atoms in total. The van der Waals surface area contributed by atoms with Gasteiger partial charge in [0.2, 0.25) is 10.0 Å². The minimum absolute atomic E-state index is 0.103. The maximum atomic E-state index is 13.3. The first-order valence-electron chi connectivity index (χ1n) is 5.77. The SMILES string of the molecule is Cc1cc(S(=O)(=O)NC(C(=O)O)C(C)C)c(Cl)cc1F. The second-order valence-electron chi connectivity index (χ2n) is 4.71. The molecule has 1 rings (SSSR count). The quantitative estimate of drug-likeness (QED) is 0.870. The third-order valence-corrected chi connectivity index (χ3v) is 4.62. The van der Waals surface area contributed by atoms with Crippen molar-refractivity contribution in [2.24, 2.45) is 5.92 Å². The highest BCUT2D eigenvalue weighted by Gasteiger charge is 2.29. The summed E-state index contributed by atoms with van der Waals surface area (Å²) in [6.45, 7) is 4.53. The van der Waals surface area contributed by atoms with Gasteiger partial charge in [0.1, 0.15) is 16.8 Å². The molecule has 1 aromatic rings. The highest BCUT2D eigenvalue weighted by Crippen LogP contribution is 2.25. The van der Waals surface area contributed by atoms with Crippen LogP contribution in [0.2, 0.25) is 5.02 Å². The van der Waals surface area contributed by atoms with E-state index < -0.39 is 33.8 Å². The summed E-state index contributed by atoms with van der Waals surface area (Å²) in [4.78, 5) is 10.7. The number of hydrogen-bond acceptors (Lipinski definition) is 3. The van der Waals surface area contributed by atoms with Gasteiger partial charge in [-0.1, -0.05) is 25.4 Å². The summed E-state index contributed by atoms with van der Waals surface area (Å²) in [6.07, 6.45) is 0. The molecule has 0 amide bonds. The lowest BCUT2D eigenvalue weighted by Gasteiger charge is -2.18. The average molecular weight is 324 g/mol. The van der Waals surface area contributed by atoms with Crippen molar-refractivity contribution in [3.63, 3.8) is 0 Å². The van der Waals surface area contributed by atoms with Crippen LogP contribution in [-0.4, -0.2) is 25.5 Å². The zero-order chi connectivity index (χ0) is 15.7. The van der Waals surface area contributed by atoms with Gasteiger partial charge in [0.05, 0.1) is 5.02 Å². The summed E-state index contributed by atoms with van der Waals surface area (Å²) in [5, 5.41) is 8.70. The molecule has 0 saturated heterocycles. The smallest absolute Gasteiger partial charge is 0.322 e. The number of sulfonamides is 1. The fourth-order valence-electron chi connectivity index (χ4n) is 1.54. The number of rotatable bonds is 5. The Morgan fingerprint density at radius 2 is 1.95 bits per heavy atom. The van der Waals surface area contributed by atoms with Crippen molar-refractivity contribution >= 4 is 27.6 Å². The Labute approximate surface area is 121 Å². The van der Waals surface area contributed by atoms with E-state index in [9.17, 15) is 17.6 Å². The van der Waals surface area contributed by atoms with Crippen molar-refractivity contribution in [2.45, 2.75) is 31.7 Å². The van der Waals surface area contributed by atoms with E-state index in [2.05, 4.69) is 4.72 Å². The summed E-state index contributed by atoms with van der Waals surface area (Å²) >= 11 is 5.72. The van der Waals surface area contributed by atoms with E-state index in [0.717, 1.165) is 12.1 Å². The zero-order valence-electron chi connectivity index (χ0n) is 11.1. The maximum absolute atomic E-state index is 13.3. The van der Waals surface area contributed by atoms with Crippen molar-refractivity contribution in [1.82, 2.24) is 4.72 Å². The molecule has 0 spiro atoms. The van der Waals surface area contributed by atoms with E-state index >= 15 is 0 Å². The predicted octanol–water partition coefficient (Wildman–Crippen LogP) is 2.18. The van der Waals surface area contributed by atoms with Gasteiger partial charge in [-0.3, -0.25) is 4.79 Å². The molecule has 1 atom stereocenters. The van der Waals surface area contributed by atoms with Gasteiger partial charge >= 0.3 is 5.97 Å². The first-order chi connectivity index (χ1) is 9.06. The molecule has 0 aliphatic rings. The van der Waals surface area contributed by atoms with E-state index in [1.807, 2.05) is 0 Å². The van der Waals surface area contributed by atoms with Gasteiger partial charge in [-0.25, -0.2) is 12.8 Å². The van der Waals surface area contributed by atoms with Crippen LogP contribution in [-0.2, 0) is 14.8 Å². The molecule has 8 heteroatoms. The van der Waals surface area contributed by atoms with Gasteiger partial charge in [-0.2, -0.15) is 4.72 Å². The number of carbonyl (C=O) groups is 1. The van der Waals surface area contributed by atoms with Crippen LogP contribution >= 0.6 is 11.6 Å². The Morgan fingerprint density at radius 1 is 1.40 bits per heavy atom. The van der Waals surface area contributed by atoms with Crippen molar-refractivity contribution in [2.75, 3.05) is 0 Å². The van der Waals surface area contributed by atoms with Crippen LogP contribution in [0.25, 0.3) is 0 Å². The Hall–Kier alpha value is -1.18. The number of aliphatic carboxylic acids is 1. The molecule has 0 bridgehead atoms. The number of nitrogens with one attached hydrogen (secondary N) is 1. The molecule has 112 valence electrons. The Bertz CT molecular complexity index is 631. The maximum Gasteiger partial charge on any atom is 0.322 e. The summed E-state index contributed by atoms with van der Waals surface area (Å²) in [5.41, 5.74) is 0.103. The van der Waals surface area contributed by atoms with Gasteiger partial charge in [-0.15, -0.1) is 0 Å². The van der Waals surface area contributed by atoms with Crippen LogP contribution in [0.5, 0.6) is 0 Å². The van der Waals surface area contributed by atoms with Crippen molar-refractivity contribution in [1.29, 1.82) is 0 Å². The molecule has 1 aromatic carbocycles. The molecule has 0 radical (unpaired) electrons. The lowest BCUT2D eigenvalue weighted by Crippen LogP contribution is -2.44. The molecule has 0 aromatic heterocycles. The van der Waals surface area contributed by atoms with Crippen LogP contribution in [0.1, 0.15) is 19.4 Å². The molecule has 2 N–H and O–H groups in total. The third-order valence-electron chi connectivity index (χ3n) is 2.72. The lowest BCUT2D eigenvalue weighted by molar-refractivity contribution is -0.140. The number of carboxylic acid groups (broad SMARTS) is 1. The van der Waals surface area contributed by atoms with Crippen LogP contribution < -0.4 is 4.72 Å². The van der Waals surface area contributed by atoms with Gasteiger partial charge in [0.25, 0.3) is 0 Å². The second-order valence-corrected chi connectivity index (χ2v) is 6.80. The summed E-state index contributed by atoms with van der Waals surface area (Å²) < 4.78 is 39.6. The van der Waals surface area contributed by atoms with E-state index in [1.165, 1.54) is 6.92 Å². The number of benzene rings is 1. The van der Waals surface area contributed by atoms with Crippen molar-refractivity contribution < 1.29 is 22.7 Å². The molecule has 20 heavy (non-hydrogen) atoms. The summed E-state index contributed by atoms with van der Waals surface area (Å²) in [6, 6.07) is 0.664. The fourth-order valence-corrected chi connectivity index (χ4v) is 3.48. The Kier molecular flexibility index (Phi) is 5.12. The molecular formula is C12H15ClFNO4S. The highest BCUT2D eigenvalue weighted by atomic mass is 35.5. The van der Waals surface area contributed by atoms with Crippen molar-refractivity contribution in [3.8, 4) is 0 Å². The first kappa shape index (κ1) is 16.9. The predicted molar refractivity (Wildman–Crippen MR) is 72.7 cm³/mol. The normalized spacial score (nSPS) is 13.5. The summed E-state index contributed by atoms with van der Waals surface area (Å²) in [7, 11) is -4.15. The first-order valence-corrected chi connectivity index (χ1v) is 7.63. The molecule has 0 saturated carbocycles. The molecule has 0 fully saturated rings. The number of hydrogen-bond donors (Lipinski definition) is 2. The molecule has 0 aliphatic heterocycles. The Balaban J connectivity index is 3.24. The van der Waals surface area contributed by atoms with Crippen LogP contribution in [0.15, 0.2) is 17.0 Å². The Morgan fingerprint density at radius 3 is 2.40 bits per heavy atom. The van der Waals surface area contributed by atoms with Gasteiger partial charge < -0.3 is 5.11 Å². The molecule has 0 aliphatic carbocycles. The monoisotopic (exact) mass is 323 g/mol. The summed E-state index contributed by atoms with van der Waals surface area (Å²) in [5.74, 6) is -2.38. The van der Waals surface area contributed by atoms with Gasteiger partial charge in [-0.05, 0) is 30.5 Å². The van der Waals surface area contributed by atoms with E-state index in [-0.39, 0.29) is 15.5 Å². The van der Waals surface area contributed by atoms with Gasteiger partial charge in [0.15, 0.2) is 0 Å². The van der Waals surface area contributed by atoms with E-state index in [4.69, 9.17) is 16.7 Å². The minimum atomic E-state index is -4.15. The van der Waals surface area contributed by atoms with Gasteiger partial charge in [0, 0.05) is 0 Å². The van der Waals surface area contributed by atoms with Crippen LogP contribution in [0.3, 0.4) is 0 Å². The fraction of sp³-hybridized carbons (Fsp3) is 0.417. The minimum Gasteiger partial charge on any atom is -0.480 e. The number of aryl methyl sites for hydroxylation is 1. The van der Waals surface area contributed by atoms with E-state index in [1.54, 1.807) is 13.8 Å². The molecular weight excluding hydrogens is 309 g/mol. The zero-order valence-corrected chi connectivity index (χ0v) is 12.7. The third kappa shape index (κ3) is 3.68. The second kappa shape index (κ2) is 6.07.